The number of hydrogen-bond donors (Lipinski definition) is 2. The zero-order valence-electron chi connectivity index (χ0n) is 17.7. The number of ketones is 1. The topological polar surface area (TPSA) is 132 Å². The monoisotopic (exact) mass is 422 g/mol. The van der Waals surface area contributed by atoms with Gasteiger partial charge in [0.25, 0.3) is 0 Å². The van der Waals surface area contributed by atoms with Gasteiger partial charge in [0.05, 0.1) is 36.3 Å². The smallest absolute Gasteiger partial charge is 0.244 e. The Morgan fingerprint density at radius 2 is 2.06 bits per heavy atom. The molecule has 1 amide bonds. The largest absolute Gasteiger partial charge is 0.395 e. The van der Waals surface area contributed by atoms with Crippen LogP contribution in [-0.2, 0) is 16.0 Å². The molecule has 2 heterocycles. The Bertz CT molecular complexity index is 982. The van der Waals surface area contributed by atoms with Gasteiger partial charge in [-0.05, 0) is 25.3 Å². The zero-order chi connectivity index (χ0) is 22.4. The molecule has 1 atom stereocenters. The lowest BCUT2D eigenvalue weighted by molar-refractivity contribution is -0.131. The lowest BCUT2D eigenvalue weighted by atomic mass is 10.1. The molecule has 1 aliphatic carbocycles. The van der Waals surface area contributed by atoms with Crippen LogP contribution in [0.4, 0.5) is 5.69 Å². The highest BCUT2D eigenvalue weighted by Crippen LogP contribution is 2.30. The molecule has 0 radical (unpaired) electrons. The fraction of sp³-hybridized carbons (Fsp3) is 0.455. The highest BCUT2D eigenvalue weighted by atomic mass is 16.3. The minimum Gasteiger partial charge on any atom is -0.395 e. The summed E-state index contributed by atoms with van der Waals surface area (Å²) in [6.07, 6.45) is 7.42. The number of hydrogen-bond acceptors (Lipinski definition) is 8. The van der Waals surface area contributed by atoms with Gasteiger partial charge >= 0.3 is 0 Å². The highest BCUT2D eigenvalue weighted by molar-refractivity contribution is 5.85. The summed E-state index contributed by atoms with van der Waals surface area (Å²) in [6, 6.07) is 3.18. The van der Waals surface area contributed by atoms with Crippen LogP contribution in [0.2, 0.25) is 0 Å². The van der Waals surface area contributed by atoms with Crippen molar-refractivity contribution >= 4 is 17.4 Å². The van der Waals surface area contributed by atoms with Crippen molar-refractivity contribution in [2.75, 3.05) is 25.5 Å². The number of amides is 1. The third-order valence-electron chi connectivity index (χ3n) is 5.23. The third kappa shape index (κ3) is 5.61. The second kappa shape index (κ2) is 10.1. The van der Waals surface area contributed by atoms with E-state index in [1.807, 2.05) is 13.0 Å². The summed E-state index contributed by atoms with van der Waals surface area (Å²) in [6.45, 7) is 1.96. The average Bonchev–Trinajstić information content (AvgIpc) is 3.63. The first-order valence-electron chi connectivity index (χ1n) is 10.3. The number of nitrogens with zero attached hydrogens (tertiary/aromatic N) is 5. The molecule has 0 spiro atoms. The molecule has 0 bridgehead atoms. The molecular weight excluding hydrogens is 396 g/mol. The zero-order valence-corrected chi connectivity index (χ0v) is 17.7. The van der Waals surface area contributed by atoms with Gasteiger partial charge in [-0.1, -0.05) is 6.92 Å². The fourth-order valence-electron chi connectivity index (χ4n) is 3.18. The molecule has 0 aromatic carbocycles. The predicted octanol–water partition coefficient (Wildman–Crippen LogP) is 1.57. The van der Waals surface area contributed by atoms with Crippen molar-refractivity contribution in [3.05, 3.63) is 36.0 Å². The van der Waals surface area contributed by atoms with E-state index in [9.17, 15) is 14.9 Å². The summed E-state index contributed by atoms with van der Waals surface area (Å²) in [5, 5.41) is 21.6. The number of nitriles is 1. The molecule has 1 fully saturated rings. The number of nitrogens with one attached hydrogen (secondary N) is 1. The lowest BCUT2D eigenvalue weighted by Gasteiger charge is -2.24. The Kier molecular flexibility index (Phi) is 7.26. The molecule has 2 N–H and O–H groups in total. The number of aliphatic hydroxyl groups is 1. The van der Waals surface area contributed by atoms with Gasteiger partial charge in [-0.15, -0.1) is 0 Å². The number of aromatic nitrogens is 3. The molecule has 1 saturated carbocycles. The van der Waals surface area contributed by atoms with Gasteiger partial charge in [-0.2, -0.15) is 5.26 Å². The van der Waals surface area contributed by atoms with Crippen molar-refractivity contribution in [3.63, 3.8) is 0 Å². The number of carbonyl (C=O) groups is 2. The SMILES string of the molecule is CC[C@H](Nc1cc(-c2cnc(CC(=O)C3CC3)cn2)cnc1C#N)C(=O)N(C)CCO. The van der Waals surface area contributed by atoms with Crippen LogP contribution in [0.5, 0.6) is 0 Å². The Morgan fingerprint density at radius 1 is 1.29 bits per heavy atom. The molecule has 0 aliphatic heterocycles. The summed E-state index contributed by atoms with van der Waals surface area (Å²) in [5.41, 5.74) is 2.41. The molecule has 0 saturated heterocycles. The molecule has 2 aromatic rings. The van der Waals surface area contributed by atoms with E-state index in [0.717, 1.165) is 12.8 Å². The minimum absolute atomic E-state index is 0.125. The fourth-order valence-corrected chi connectivity index (χ4v) is 3.18. The van der Waals surface area contributed by atoms with Gasteiger partial charge in [0.1, 0.15) is 17.9 Å². The van der Waals surface area contributed by atoms with E-state index in [0.29, 0.717) is 29.1 Å². The first kappa shape index (κ1) is 22.3. The van der Waals surface area contributed by atoms with Crippen LogP contribution >= 0.6 is 0 Å². The van der Waals surface area contributed by atoms with E-state index in [1.54, 1.807) is 25.5 Å². The molecule has 162 valence electrons. The van der Waals surface area contributed by atoms with E-state index in [2.05, 4.69) is 20.3 Å². The second-order valence-corrected chi connectivity index (χ2v) is 7.63. The summed E-state index contributed by atoms with van der Waals surface area (Å²) >= 11 is 0. The van der Waals surface area contributed by atoms with Crippen LogP contribution in [0, 0.1) is 17.2 Å². The average molecular weight is 422 g/mol. The quantitative estimate of drug-likeness (QED) is 0.590. The molecule has 9 nitrogen and oxygen atoms in total. The van der Waals surface area contributed by atoms with Crippen LogP contribution in [0.3, 0.4) is 0 Å². The van der Waals surface area contributed by atoms with Crippen LogP contribution < -0.4 is 5.32 Å². The van der Waals surface area contributed by atoms with E-state index in [1.165, 1.54) is 11.1 Å². The highest BCUT2D eigenvalue weighted by Gasteiger charge is 2.29. The number of rotatable bonds is 10. The van der Waals surface area contributed by atoms with Gasteiger partial charge in [-0.3, -0.25) is 19.6 Å². The lowest BCUT2D eigenvalue weighted by Crippen LogP contribution is -2.41. The van der Waals surface area contributed by atoms with Crippen molar-refractivity contribution in [2.45, 2.75) is 38.6 Å². The Hall–Kier alpha value is -3.38. The summed E-state index contributed by atoms with van der Waals surface area (Å²) in [4.78, 5) is 38.9. The number of likely N-dealkylation sites (N-methyl/N-ethyl adjacent to an activating group) is 1. The molecule has 1 aliphatic rings. The first-order chi connectivity index (χ1) is 15.0. The predicted molar refractivity (Wildman–Crippen MR) is 114 cm³/mol. The maximum Gasteiger partial charge on any atom is 0.244 e. The van der Waals surface area contributed by atoms with Crippen LogP contribution in [0.25, 0.3) is 11.3 Å². The van der Waals surface area contributed by atoms with Gasteiger partial charge in [-0.25, -0.2) is 4.98 Å². The molecule has 0 unspecified atom stereocenters. The van der Waals surface area contributed by atoms with Crippen LogP contribution in [0.1, 0.15) is 37.6 Å². The maximum atomic E-state index is 12.6. The molecule has 31 heavy (non-hydrogen) atoms. The number of carbonyl (C=O) groups excluding carboxylic acids is 2. The number of aliphatic hydroxyl groups excluding tert-OH is 1. The number of pyridine rings is 1. The van der Waals surface area contributed by atoms with Crippen molar-refractivity contribution in [1.82, 2.24) is 19.9 Å². The van der Waals surface area contributed by atoms with Gasteiger partial charge in [0.2, 0.25) is 5.91 Å². The normalized spacial score (nSPS) is 13.9. The van der Waals surface area contributed by atoms with Crippen molar-refractivity contribution in [2.24, 2.45) is 5.92 Å². The summed E-state index contributed by atoms with van der Waals surface area (Å²) < 4.78 is 0. The van der Waals surface area contributed by atoms with Crippen LogP contribution in [0.15, 0.2) is 24.7 Å². The van der Waals surface area contributed by atoms with Gasteiger partial charge < -0.3 is 15.3 Å². The van der Waals surface area contributed by atoms with Gasteiger partial charge in [0.15, 0.2) is 5.69 Å². The van der Waals surface area contributed by atoms with E-state index < -0.39 is 6.04 Å². The van der Waals surface area contributed by atoms with Crippen molar-refractivity contribution in [3.8, 4) is 17.3 Å². The second-order valence-electron chi connectivity index (χ2n) is 7.63. The molecule has 9 heteroatoms. The third-order valence-corrected chi connectivity index (χ3v) is 5.23. The molecule has 2 aromatic heterocycles. The van der Waals surface area contributed by atoms with E-state index in [4.69, 9.17) is 5.11 Å². The standard InChI is InChI=1S/C22H26N6O3/c1-3-17(22(31)28(2)6-7-29)27-18-8-15(11-25-19(18)10-23)20-13-24-16(12-26-20)9-21(30)14-4-5-14/h8,11-14,17,27,29H,3-7,9H2,1-2H3/t17-/m0/s1. The molecular formula is C22H26N6O3. The summed E-state index contributed by atoms with van der Waals surface area (Å²) in [7, 11) is 1.62. The Labute approximate surface area is 181 Å². The Balaban J connectivity index is 1.78. The van der Waals surface area contributed by atoms with E-state index in [-0.39, 0.29) is 42.9 Å². The minimum atomic E-state index is -0.567. The van der Waals surface area contributed by atoms with Crippen LogP contribution in [-0.4, -0.2) is 62.9 Å². The first-order valence-corrected chi connectivity index (χ1v) is 10.3. The van der Waals surface area contributed by atoms with Crippen molar-refractivity contribution in [1.29, 1.82) is 5.26 Å². The number of anilines is 1. The van der Waals surface area contributed by atoms with Crippen molar-refractivity contribution < 1.29 is 14.7 Å². The maximum absolute atomic E-state index is 12.6. The number of Topliss-reactive ketones (excluding diaryl/α,β-unsaturated/α-hetero) is 1. The van der Waals surface area contributed by atoms with E-state index >= 15 is 0 Å². The Morgan fingerprint density at radius 3 is 2.65 bits per heavy atom. The van der Waals surface area contributed by atoms with Gasteiger partial charge in [0, 0.05) is 37.5 Å². The molecule has 3 rings (SSSR count). The summed E-state index contributed by atoms with van der Waals surface area (Å²) in [5.74, 6) is 0.203.